The molecule has 0 N–H and O–H groups in total. The maximum Gasteiger partial charge on any atom is 0.127 e. The van der Waals surface area contributed by atoms with Crippen molar-refractivity contribution in [1.82, 2.24) is 0 Å². The van der Waals surface area contributed by atoms with Gasteiger partial charge in [-0.05, 0) is 71.0 Å². The monoisotopic (exact) mass is 321 g/mol. The largest absolute Gasteiger partial charge is 0.493 e. The minimum atomic E-state index is 0.205. The van der Waals surface area contributed by atoms with Crippen LogP contribution in [0.25, 0.3) is 11.1 Å². The third kappa shape index (κ3) is 3.09. The van der Waals surface area contributed by atoms with Crippen molar-refractivity contribution in [3.8, 4) is 16.9 Å². The van der Waals surface area contributed by atoms with Crippen LogP contribution in [0.5, 0.6) is 5.75 Å². The standard InChI is InChI=1S/C23H29O/c1-6-14-24-21-16-20-19(22(2,3)12-13-23(20,4)5)15-18(21)17-10-8-7-9-11-17/h7-8,10-11,15-16H,6,12-14H2,1-5H3. The Labute approximate surface area is 147 Å². The van der Waals surface area contributed by atoms with Crippen LogP contribution in [0.2, 0.25) is 0 Å². The van der Waals surface area contributed by atoms with E-state index in [2.05, 4.69) is 65.0 Å². The molecule has 1 heteroatoms. The van der Waals surface area contributed by atoms with E-state index in [-0.39, 0.29) is 10.8 Å². The Morgan fingerprint density at radius 2 is 1.71 bits per heavy atom. The van der Waals surface area contributed by atoms with Crippen LogP contribution in [-0.2, 0) is 10.8 Å². The quantitative estimate of drug-likeness (QED) is 0.643. The summed E-state index contributed by atoms with van der Waals surface area (Å²) in [5.41, 5.74) is 5.73. The normalized spacial score (nSPS) is 18.0. The van der Waals surface area contributed by atoms with Crippen LogP contribution in [0.4, 0.5) is 0 Å². The van der Waals surface area contributed by atoms with E-state index in [4.69, 9.17) is 4.74 Å². The number of hydrogen-bond acceptors (Lipinski definition) is 1. The molecule has 127 valence electrons. The second kappa shape index (κ2) is 6.27. The van der Waals surface area contributed by atoms with Gasteiger partial charge in [0.2, 0.25) is 0 Å². The van der Waals surface area contributed by atoms with Gasteiger partial charge in [-0.3, -0.25) is 0 Å². The second-order valence-electron chi connectivity index (χ2n) is 8.30. The lowest BCUT2D eigenvalue weighted by atomic mass is 9.62. The number of benzene rings is 2. The second-order valence-corrected chi connectivity index (χ2v) is 8.30. The first-order chi connectivity index (χ1) is 11.3. The van der Waals surface area contributed by atoms with Gasteiger partial charge < -0.3 is 4.74 Å². The zero-order valence-electron chi connectivity index (χ0n) is 15.7. The van der Waals surface area contributed by atoms with Crippen LogP contribution in [-0.4, -0.2) is 6.61 Å². The summed E-state index contributed by atoms with van der Waals surface area (Å²) in [4.78, 5) is 0. The fourth-order valence-electron chi connectivity index (χ4n) is 3.71. The molecule has 1 aliphatic rings. The Kier molecular flexibility index (Phi) is 4.46. The fraction of sp³-hybridized carbons (Fsp3) is 0.478. The average molecular weight is 321 g/mol. The predicted octanol–water partition coefficient (Wildman–Crippen LogP) is 6.29. The van der Waals surface area contributed by atoms with Gasteiger partial charge in [0.1, 0.15) is 5.75 Å². The lowest BCUT2D eigenvalue weighted by Gasteiger charge is -2.42. The van der Waals surface area contributed by atoms with Crippen molar-refractivity contribution in [3.63, 3.8) is 0 Å². The molecule has 0 spiro atoms. The highest BCUT2D eigenvalue weighted by atomic mass is 16.5. The van der Waals surface area contributed by atoms with Gasteiger partial charge in [-0.15, -0.1) is 0 Å². The van der Waals surface area contributed by atoms with Crippen molar-refractivity contribution >= 4 is 0 Å². The summed E-state index contributed by atoms with van der Waals surface area (Å²) in [6.07, 6.45) is 3.47. The average Bonchev–Trinajstić information content (AvgIpc) is 2.57. The Morgan fingerprint density at radius 1 is 1.04 bits per heavy atom. The van der Waals surface area contributed by atoms with Crippen molar-refractivity contribution < 1.29 is 4.74 Å². The minimum absolute atomic E-state index is 0.205. The highest BCUT2D eigenvalue weighted by Gasteiger charge is 2.38. The van der Waals surface area contributed by atoms with Crippen LogP contribution < -0.4 is 4.74 Å². The van der Waals surface area contributed by atoms with Crippen LogP contribution in [0.3, 0.4) is 0 Å². The molecule has 0 fully saturated rings. The van der Waals surface area contributed by atoms with Gasteiger partial charge in [-0.2, -0.15) is 0 Å². The molecule has 0 amide bonds. The third-order valence-electron chi connectivity index (χ3n) is 5.43. The third-order valence-corrected chi connectivity index (χ3v) is 5.43. The van der Waals surface area contributed by atoms with E-state index in [0.29, 0.717) is 0 Å². The van der Waals surface area contributed by atoms with Gasteiger partial charge >= 0.3 is 0 Å². The molecule has 0 bridgehead atoms. The van der Waals surface area contributed by atoms with E-state index >= 15 is 0 Å². The van der Waals surface area contributed by atoms with Crippen molar-refractivity contribution in [2.45, 2.75) is 64.7 Å². The van der Waals surface area contributed by atoms with Crippen molar-refractivity contribution in [1.29, 1.82) is 0 Å². The maximum absolute atomic E-state index is 6.15. The van der Waals surface area contributed by atoms with Gasteiger partial charge in [-0.1, -0.05) is 52.8 Å². The molecule has 1 radical (unpaired) electrons. The SMILES string of the molecule is CCCOc1cc2c(cc1-c1c[c]ccc1)C(C)(C)CCC2(C)C. The molecule has 3 rings (SSSR count). The first-order valence-electron chi connectivity index (χ1n) is 9.13. The lowest BCUT2D eigenvalue weighted by molar-refractivity contribution is 0.308. The summed E-state index contributed by atoms with van der Waals surface area (Å²) in [7, 11) is 0. The molecule has 24 heavy (non-hydrogen) atoms. The molecular formula is C23H29O. The molecule has 0 saturated carbocycles. The van der Waals surface area contributed by atoms with E-state index in [1.165, 1.54) is 35.1 Å². The number of ether oxygens (including phenoxy) is 1. The summed E-state index contributed by atoms with van der Waals surface area (Å²) in [5, 5.41) is 0. The Bertz CT molecular complexity index is 710. The fourth-order valence-corrected chi connectivity index (χ4v) is 3.71. The molecular weight excluding hydrogens is 292 g/mol. The molecule has 0 aliphatic heterocycles. The zero-order valence-corrected chi connectivity index (χ0v) is 15.7. The highest BCUT2D eigenvalue weighted by Crippen LogP contribution is 2.49. The van der Waals surface area contributed by atoms with Gasteiger partial charge in [-0.25, -0.2) is 0 Å². The summed E-state index contributed by atoms with van der Waals surface area (Å²) in [6.45, 7) is 12.4. The maximum atomic E-state index is 6.15. The summed E-state index contributed by atoms with van der Waals surface area (Å²) in [5.74, 6) is 1.01. The first kappa shape index (κ1) is 17.1. The minimum Gasteiger partial charge on any atom is -0.493 e. The number of rotatable bonds is 4. The van der Waals surface area contributed by atoms with E-state index in [0.717, 1.165) is 18.8 Å². The van der Waals surface area contributed by atoms with E-state index in [1.54, 1.807) is 0 Å². The highest BCUT2D eigenvalue weighted by molar-refractivity contribution is 5.73. The van der Waals surface area contributed by atoms with Gasteiger partial charge in [0.25, 0.3) is 0 Å². The predicted molar refractivity (Wildman–Crippen MR) is 102 cm³/mol. The Morgan fingerprint density at radius 3 is 2.29 bits per heavy atom. The molecule has 0 saturated heterocycles. The number of fused-ring (bicyclic) bond motifs is 1. The van der Waals surface area contributed by atoms with E-state index in [9.17, 15) is 0 Å². The molecule has 2 aromatic carbocycles. The zero-order chi connectivity index (χ0) is 17.4. The molecule has 1 aliphatic carbocycles. The molecule has 0 heterocycles. The summed E-state index contributed by atoms with van der Waals surface area (Å²) >= 11 is 0. The summed E-state index contributed by atoms with van der Waals surface area (Å²) < 4.78 is 6.15. The Balaban J connectivity index is 2.21. The first-order valence-corrected chi connectivity index (χ1v) is 9.13. The van der Waals surface area contributed by atoms with Gasteiger partial charge in [0.05, 0.1) is 6.61 Å². The van der Waals surface area contributed by atoms with E-state index in [1.807, 2.05) is 12.1 Å². The van der Waals surface area contributed by atoms with Crippen LogP contribution >= 0.6 is 0 Å². The van der Waals surface area contributed by atoms with Crippen LogP contribution in [0.1, 0.15) is 65.0 Å². The smallest absolute Gasteiger partial charge is 0.127 e. The van der Waals surface area contributed by atoms with Crippen molar-refractivity contribution in [3.05, 3.63) is 53.6 Å². The molecule has 2 aromatic rings. The topological polar surface area (TPSA) is 9.23 Å². The van der Waals surface area contributed by atoms with Crippen molar-refractivity contribution in [2.24, 2.45) is 0 Å². The summed E-state index contributed by atoms with van der Waals surface area (Å²) in [6, 6.07) is 16.1. The van der Waals surface area contributed by atoms with E-state index < -0.39 is 0 Å². The Hall–Kier alpha value is -1.76. The van der Waals surface area contributed by atoms with Gasteiger partial charge in [0.15, 0.2) is 0 Å². The van der Waals surface area contributed by atoms with Crippen molar-refractivity contribution in [2.75, 3.05) is 6.61 Å². The molecule has 0 unspecified atom stereocenters. The van der Waals surface area contributed by atoms with Crippen LogP contribution in [0, 0.1) is 6.07 Å². The van der Waals surface area contributed by atoms with Crippen LogP contribution in [0.15, 0.2) is 36.4 Å². The molecule has 0 atom stereocenters. The number of hydrogen-bond donors (Lipinski definition) is 0. The molecule has 1 nitrogen and oxygen atoms in total. The molecule has 0 aromatic heterocycles. The van der Waals surface area contributed by atoms with Gasteiger partial charge in [0, 0.05) is 5.56 Å². The lowest BCUT2D eigenvalue weighted by Crippen LogP contribution is -2.33.